The van der Waals surface area contributed by atoms with E-state index < -0.39 is 12.5 Å². The number of amides is 1. The van der Waals surface area contributed by atoms with Gasteiger partial charge in [0.05, 0.1) is 6.61 Å². The number of carbonyl (C=O) groups is 1. The first-order valence-corrected chi connectivity index (χ1v) is 3.01. The van der Waals surface area contributed by atoms with Gasteiger partial charge in [0.1, 0.15) is 6.61 Å². The molecule has 0 radical (unpaired) electrons. The first-order valence-electron chi connectivity index (χ1n) is 2.58. The van der Waals surface area contributed by atoms with Crippen molar-refractivity contribution in [3.63, 3.8) is 0 Å². The van der Waals surface area contributed by atoms with E-state index in [9.17, 15) is 4.79 Å². The van der Waals surface area contributed by atoms with Gasteiger partial charge in [-0.3, -0.25) is 9.63 Å². The summed E-state index contributed by atoms with van der Waals surface area (Å²) in [5.41, 5.74) is 3.24. The number of aliphatic hydroxyl groups is 1. The SMILES string of the molecule is O=C(CO)NOC/C=C/Cl. The number of hydroxylamine groups is 1. The molecule has 0 atom stereocenters. The van der Waals surface area contributed by atoms with Gasteiger partial charge in [-0.2, -0.15) is 0 Å². The smallest absolute Gasteiger partial charge is 0.269 e. The average Bonchev–Trinajstić information content (AvgIpc) is 1.98. The maximum Gasteiger partial charge on any atom is 0.269 e. The van der Waals surface area contributed by atoms with E-state index in [2.05, 4.69) is 4.84 Å². The summed E-state index contributed by atoms with van der Waals surface area (Å²) >= 11 is 5.13. The number of rotatable bonds is 4. The van der Waals surface area contributed by atoms with Crippen LogP contribution in [0.4, 0.5) is 0 Å². The van der Waals surface area contributed by atoms with Gasteiger partial charge in [-0.25, -0.2) is 5.48 Å². The molecule has 0 saturated carbocycles. The molecule has 0 bridgehead atoms. The second-order valence-corrected chi connectivity index (χ2v) is 1.61. The Kier molecular flexibility index (Phi) is 6.16. The highest BCUT2D eigenvalue weighted by Crippen LogP contribution is 1.77. The van der Waals surface area contributed by atoms with Crippen LogP contribution in [0, 0.1) is 0 Å². The molecule has 0 spiro atoms. The van der Waals surface area contributed by atoms with Gasteiger partial charge in [0.2, 0.25) is 0 Å². The Morgan fingerprint density at radius 1 is 1.80 bits per heavy atom. The highest BCUT2D eigenvalue weighted by molar-refractivity contribution is 6.25. The molecule has 5 heteroatoms. The summed E-state index contributed by atoms with van der Waals surface area (Å²) in [5.74, 6) is -0.581. The zero-order valence-corrected chi connectivity index (χ0v) is 5.97. The maximum atomic E-state index is 10.2. The van der Waals surface area contributed by atoms with Crippen LogP contribution in [0.15, 0.2) is 11.6 Å². The van der Waals surface area contributed by atoms with Crippen molar-refractivity contribution in [2.24, 2.45) is 0 Å². The zero-order valence-electron chi connectivity index (χ0n) is 5.21. The summed E-state index contributed by atoms with van der Waals surface area (Å²) in [7, 11) is 0. The Morgan fingerprint density at radius 2 is 2.50 bits per heavy atom. The molecule has 0 aromatic carbocycles. The second kappa shape index (κ2) is 6.54. The third kappa shape index (κ3) is 5.55. The molecule has 4 nitrogen and oxygen atoms in total. The molecule has 0 aromatic heterocycles. The van der Waals surface area contributed by atoms with E-state index in [1.54, 1.807) is 0 Å². The third-order valence-corrected chi connectivity index (χ3v) is 0.776. The van der Waals surface area contributed by atoms with Crippen LogP contribution >= 0.6 is 11.6 Å². The van der Waals surface area contributed by atoms with E-state index in [0.29, 0.717) is 0 Å². The lowest BCUT2D eigenvalue weighted by Crippen LogP contribution is -2.26. The van der Waals surface area contributed by atoms with Crippen molar-refractivity contribution >= 4 is 17.5 Å². The molecule has 58 valence electrons. The fourth-order valence-electron chi connectivity index (χ4n) is 0.239. The molecular formula is C5H8ClNO3. The molecule has 0 aliphatic heterocycles. The molecule has 0 heterocycles. The van der Waals surface area contributed by atoms with Gasteiger partial charge in [0.25, 0.3) is 5.91 Å². The molecule has 2 N–H and O–H groups in total. The number of carbonyl (C=O) groups excluding carboxylic acids is 1. The first kappa shape index (κ1) is 9.42. The fourth-order valence-corrected chi connectivity index (χ4v) is 0.312. The van der Waals surface area contributed by atoms with Crippen molar-refractivity contribution in [1.29, 1.82) is 0 Å². The largest absolute Gasteiger partial charge is 0.386 e. The van der Waals surface area contributed by atoms with E-state index in [0.717, 1.165) is 0 Å². The van der Waals surface area contributed by atoms with Crippen LogP contribution in [0.25, 0.3) is 0 Å². The highest BCUT2D eigenvalue weighted by atomic mass is 35.5. The molecule has 0 aromatic rings. The lowest BCUT2D eigenvalue weighted by atomic mass is 10.7. The van der Waals surface area contributed by atoms with Crippen molar-refractivity contribution in [2.45, 2.75) is 0 Å². The predicted octanol–water partition coefficient (Wildman–Crippen LogP) is -0.221. The van der Waals surface area contributed by atoms with E-state index in [-0.39, 0.29) is 6.61 Å². The van der Waals surface area contributed by atoms with Gasteiger partial charge < -0.3 is 5.11 Å². The monoisotopic (exact) mass is 165 g/mol. The van der Waals surface area contributed by atoms with Crippen LogP contribution in [0.2, 0.25) is 0 Å². The molecule has 0 aliphatic rings. The summed E-state index contributed by atoms with van der Waals surface area (Å²) in [6, 6.07) is 0. The Hall–Kier alpha value is -0.580. The van der Waals surface area contributed by atoms with Crippen LogP contribution in [0.5, 0.6) is 0 Å². The number of nitrogens with one attached hydrogen (secondary N) is 1. The Bertz CT molecular complexity index is 126. The fraction of sp³-hybridized carbons (Fsp3) is 0.400. The van der Waals surface area contributed by atoms with Gasteiger partial charge in [-0.1, -0.05) is 11.6 Å². The first-order chi connectivity index (χ1) is 4.81. The number of hydrogen-bond donors (Lipinski definition) is 2. The minimum absolute atomic E-state index is 0.190. The molecule has 0 fully saturated rings. The topological polar surface area (TPSA) is 58.6 Å². The van der Waals surface area contributed by atoms with Crippen LogP contribution in [0.1, 0.15) is 0 Å². The molecular weight excluding hydrogens is 158 g/mol. The van der Waals surface area contributed by atoms with Crippen molar-refractivity contribution < 1.29 is 14.7 Å². The lowest BCUT2D eigenvalue weighted by Gasteiger charge is -1.98. The van der Waals surface area contributed by atoms with Crippen LogP contribution in [0.3, 0.4) is 0 Å². The lowest BCUT2D eigenvalue weighted by molar-refractivity contribution is -0.135. The van der Waals surface area contributed by atoms with Gasteiger partial charge in [-0.15, -0.1) is 0 Å². The molecule has 0 saturated heterocycles. The van der Waals surface area contributed by atoms with Crippen LogP contribution < -0.4 is 5.48 Å². The number of aliphatic hydroxyl groups excluding tert-OH is 1. The van der Waals surface area contributed by atoms with Crippen molar-refractivity contribution in [3.8, 4) is 0 Å². The van der Waals surface area contributed by atoms with E-state index in [1.807, 2.05) is 5.48 Å². The quantitative estimate of drug-likeness (QED) is 0.447. The minimum atomic E-state index is -0.581. The second-order valence-electron chi connectivity index (χ2n) is 1.36. The molecule has 0 rings (SSSR count). The summed E-state index contributed by atoms with van der Waals surface area (Å²) in [5, 5.41) is 8.16. The summed E-state index contributed by atoms with van der Waals surface area (Å²) in [6.07, 6.45) is 1.50. The maximum absolute atomic E-state index is 10.2. The van der Waals surface area contributed by atoms with E-state index in [1.165, 1.54) is 11.6 Å². The van der Waals surface area contributed by atoms with Crippen molar-refractivity contribution in [3.05, 3.63) is 11.6 Å². The molecule has 0 aliphatic carbocycles. The van der Waals surface area contributed by atoms with Crippen LogP contribution in [-0.2, 0) is 9.63 Å². The minimum Gasteiger partial charge on any atom is -0.386 e. The van der Waals surface area contributed by atoms with Gasteiger partial charge in [0.15, 0.2) is 0 Å². The van der Waals surface area contributed by atoms with E-state index in [4.69, 9.17) is 16.7 Å². The normalized spacial score (nSPS) is 10.2. The van der Waals surface area contributed by atoms with Gasteiger partial charge in [0, 0.05) is 5.54 Å². The number of halogens is 1. The molecule has 0 unspecified atom stereocenters. The van der Waals surface area contributed by atoms with Gasteiger partial charge in [-0.05, 0) is 6.08 Å². The Balaban J connectivity index is 3.11. The average molecular weight is 166 g/mol. The third-order valence-electron chi connectivity index (χ3n) is 0.598. The standard InChI is InChI=1S/C5H8ClNO3/c6-2-1-3-10-7-5(9)4-8/h1-2,8H,3-4H2,(H,7,9)/b2-1+. The summed E-state index contributed by atoms with van der Waals surface area (Å²) < 4.78 is 0. The molecule has 10 heavy (non-hydrogen) atoms. The Labute approximate surface area is 63.4 Å². The van der Waals surface area contributed by atoms with Crippen molar-refractivity contribution in [2.75, 3.05) is 13.2 Å². The number of hydrogen-bond acceptors (Lipinski definition) is 3. The Morgan fingerprint density at radius 3 is 3.00 bits per heavy atom. The summed E-state index contributed by atoms with van der Waals surface area (Å²) in [6.45, 7) is -0.389. The summed E-state index contributed by atoms with van der Waals surface area (Å²) in [4.78, 5) is 14.7. The van der Waals surface area contributed by atoms with Crippen molar-refractivity contribution in [1.82, 2.24) is 5.48 Å². The molecule has 1 amide bonds. The van der Waals surface area contributed by atoms with Crippen LogP contribution in [-0.4, -0.2) is 24.2 Å². The van der Waals surface area contributed by atoms with Gasteiger partial charge >= 0.3 is 0 Å². The highest BCUT2D eigenvalue weighted by Gasteiger charge is 1.93. The zero-order chi connectivity index (χ0) is 7.82. The van der Waals surface area contributed by atoms with E-state index >= 15 is 0 Å². The predicted molar refractivity (Wildman–Crippen MR) is 36.2 cm³/mol.